The van der Waals surface area contributed by atoms with E-state index < -0.39 is 0 Å². The second kappa shape index (κ2) is 4.49. The summed E-state index contributed by atoms with van der Waals surface area (Å²) in [5.74, 6) is 0.614. The van der Waals surface area contributed by atoms with E-state index in [1.54, 1.807) is 0 Å². The van der Waals surface area contributed by atoms with Gasteiger partial charge in [-0.15, -0.1) is 0 Å². The molecule has 0 aliphatic carbocycles. The molecule has 0 aliphatic rings. The van der Waals surface area contributed by atoms with Gasteiger partial charge in [-0.2, -0.15) is 0 Å². The average Bonchev–Trinajstić information content (AvgIpc) is 2.72. The van der Waals surface area contributed by atoms with E-state index in [4.69, 9.17) is 0 Å². The molecule has 2 rings (SSSR count). The molecule has 15 heavy (non-hydrogen) atoms. The van der Waals surface area contributed by atoms with Crippen molar-refractivity contribution in [3.8, 4) is 0 Å². The van der Waals surface area contributed by atoms with Crippen LogP contribution in [-0.4, -0.2) is 18.6 Å². The van der Waals surface area contributed by atoms with E-state index in [9.17, 15) is 0 Å². The fourth-order valence-electron chi connectivity index (χ4n) is 2.06. The summed E-state index contributed by atoms with van der Waals surface area (Å²) in [6.07, 6.45) is 3.17. The van der Waals surface area contributed by atoms with Gasteiger partial charge in [-0.25, -0.2) is 0 Å². The molecule has 1 aromatic carbocycles. The Balaban J connectivity index is 2.33. The monoisotopic (exact) mass is 202 g/mol. The quantitative estimate of drug-likeness (QED) is 0.784. The Bertz CT molecular complexity index is 431. The second-order valence-corrected chi connectivity index (χ2v) is 3.99. The first-order chi connectivity index (χ1) is 7.35. The zero-order valence-electron chi connectivity index (χ0n) is 9.38. The summed E-state index contributed by atoms with van der Waals surface area (Å²) in [6.45, 7) is 3.28. The van der Waals surface area contributed by atoms with Crippen LogP contribution in [0.3, 0.4) is 0 Å². The molecule has 0 spiro atoms. The van der Waals surface area contributed by atoms with E-state index in [2.05, 4.69) is 41.5 Å². The largest absolute Gasteiger partial charge is 0.361 e. The van der Waals surface area contributed by atoms with E-state index in [1.165, 1.54) is 22.9 Å². The molecule has 1 atom stereocenters. The molecule has 2 heteroatoms. The Labute approximate surface area is 90.7 Å². The SMILES string of the molecule is CCC(CNC)c1ccc2cc[nH]c2c1. The molecule has 0 radical (unpaired) electrons. The molecule has 2 N–H and O–H groups in total. The van der Waals surface area contributed by atoms with Crippen LogP contribution in [-0.2, 0) is 0 Å². The van der Waals surface area contributed by atoms with Crippen LogP contribution in [0, 0.1) is 0 Å². The molecule has 2 nitrogen and oxygen atoms in total. The van der Waals surface area contributed by atoms with Crippen molar-refractivity contribution in [2.75, 3.05) is 13.6 Å². The van der Waals surface area contributed by atoms with Gasteiger partial charge in [0.2, 0.25) is 0 Å². The smallest absolute Gasteiger partial charge is 0.0456 e. The van der Waals surface area contributed by atoms with Gasteiger partial charge in [-0.3, -0.25) is 0 Å². The molecule has 0 fully saturated rings. The van der Waals surface area contributed by atoms with Gasteiger partial charge in [-0.1, -0.05) is 19.1 Å². The van der Waals surface area contributed by atoms with Crippen molar-refractivity contribution >= 4 is 10.9 Å². The number of aromatic nitrogens is 1. The Morgan fingerprint density at radius 3 is 2.93 bits per heavy atom. The van der Waals surface area contributed by atoms with Crippen molar-refractivity contribution in [2.24, 2.45) is 0 Å². The van der Waals surface area contributed by atoms with Crippen LogP contribution in [0.2, 0.25) is 0 Å². The van der Waals surface area contributed by atoms with E-state index >= 15 is 0 Å². The van der Waals surface area contributed by atoms with Crippen molar-refractivity contribution in [3.05, 3.63) is 36.0 Å². The van der Waals surface area contributed by atoms with Crippen LogP contribution in [0.1, 0.15) is 24.8 Å². The number of hydrogen-bond donors (Lipinski definition) is 2. The van der Waals surface area contributed by atoms with Gasteiger partial charge in [0, 0.05) is 18.3 Å². The fourth-order valence-corrected chi connectivity index (χ4v) is 2.06. The molecule has 0 amide bonds. The van der Waals surface area contributed by atoms with Crippen LogP contribution in [0.5, 0.6) is 0 Å². The van der Waals surface area contributed by atoms with Gasteiger partial charge < -0.3 is 10.3 Å². The zero-order chi connectivity index (χ0) is 10.7. The maximum Gasteiger partial charge on any atom is 0.0456 e. The van der Waals surface area contributed by atoms with Crippen molar-refractivity contribution in [1.29, 1.82) is 0 Å². The maximum atomic E-state index is 3.26. The van der Waals surface area contributed by atoms with Gasteiger partial charge in [0.1, 0.15) is 0 Å². The predicted molar refractivity (Wildman–Crippen MR) is 65.3 cm³/mol. The molecule has 1 unspecified atom stereocenters. The highest BCUT2D eigenvalue weighted by Gasteiger charge is 2.08. The van der Waals surface area contributed by atoms with E-state index in [1.807, 2.05) is 13.2 Å². The zero-order valence-corrected chi connectivity index (χ0v) is 9.38. The highest BCUT2D eigenvalue weighted by Crippen LogP contribution is 2.22. The Hall–Kier alpha value is -1.28. The van der Waals surface area contributed by atoms with Gasteiger partial charge in [0.25, 0.3) is 0 Å². The lowest BCUT2D eigenvalue weighted by molar-refractivity contribution is 0.612. The Morgan fingerprint density at radius 2 is 2.20 bits per heavy atom. The molecule has 0 saturated heterocycles. The Morgan fingerprint density at radius 1 is 1.33 bits per heavy atom. The molecule has 0 aliphatic heterocycles. The third-order valence-corrected chi connectivity index (χ3v) is 2.99. The van der Waals surface area contributed by atoms with Crippen LogP contribution in [0.25, 0.3) is 10.9 Å². The van der Waals surface area contributed by atoms with Gasteiger partial charge in [0.05, 0.1) is 0 Å². The number of rotatable bonds is 4. The Kier molecular flexibility index (Phi) is 3.07. The molecule has 0 bridgehead atoms. The lowest BCUT2D eigenvalue weighted by Crippen LogP contribution is -2.16. The number of H-pyrrole nitrogens is 1. The van der Waals surface area contributed by atoms with Gasteiger partial charge in [-0.05, 0) is 42.5 Å². The van der Waals surface area contributed by atoms with Crippen LogP contribution < -0.4 is 5.32 Å². The van der Waals surface area contributed by atoms with Crippen molar-refractivity contribution in [1.82, 2.24) is 10.3 Å². The van der Waals surface area contributed by atoms with Crippen molar-refractivity contribution < 1.29 is 0 Å². The highest BCUT2D eigenvalue weighted by molar-refractivity contribution is 5.80. The molecule has 80 valence electrons. The average molecular weight is 202 g/mol. The standard InChI is InChI=1S/C13H18N2/c1-3-10(9-14-2)12-5-4-11-6-7-15-13(11)8-12/h4-8,10,14-15H,3,9H2,1-2H3. The van der Waals surface area contributed by atoms with E-state index in [-0.39, 0.29) is 0 Å². The maximum absolute atomic E-state index is 3.26. The van der Waals surface area contributed by atoms with E-state index in [0.29, 0.717) is 5.92 Å². The van der Waals surface area contributed by atoms with Crippen LogP contribution in [0.15, 0.2) is 30.5 Å². The van der Waals surface area contributed by atoms with Gasteiger partial charge >= 0.3 is 0 Å². The number of nitrogens with one attached hydrogen (secondary N) is 2. The first-order valence-electron chi connectivity index (χ1n) is 5.56. The number of benzene rings is 1. The molecule has 2 aromatic rings. The fraction of sp³-hybridized carbons (Fsp3) is 0.385. The summed E-state index contributed by atoms with van der Waals surface area (Å²) in [5.41, 5.74) is 2.66. The number of likely N-dealkylation sites (N-methyl/N-ethyl adjacent to an activating group) is 1. The first-order valence-corrected chi connectivity index (χ1v) is 5.56. The van der Waals surface area contributed by atoms with Crippen molar-refractivity contribution in [2.45, 2.75) is 19.3 Å². The minimum atomic E-state index is 0.614. The normalized spacial score (nSPS) is 13.2. The summed E-state index contributed by atoms with van der Waals surface area (Å²) in [6, 6.07) is 8.81. The van der Waals surface area contributed by atoms with Crippen LogP contribution in [0.4, 0.5) is 0 Å². The van der Waals surface area contributed by atoms with Crippen molar-refractivity contribution in [3.63, 3.8) is 0 Å². The predicted octanol–water partition coefficient (Wildman–Crippen LogP) is 2.88. The number of hydrogen-bond acceptors (Lipinski definition) is 1. The minimum Gasteiger partial charge on any atom is -0.361 e. The molecule has 1 aromatic heterocycles. The summed E-state index contributed by atoms with van der Waals surface area (Å²) in [4.78, 5) is 3.26. The molecular formula is C13H18N2. The summed E-state index contributed by atoms with van der Waals surface area (Å²) >= 11 is 0. The third kappa shape index (κ3) is 2.05. The summed E-state index contributed by atoms with van der Waals surface area (Å²) in [5, 5.41) is 4.54. The summed E-state index contributed by atoms with van der Waals surface area (Å²) < 4.78 is 0. The lowest BCUT2D eigenvalue weighted by Gasteiger charge is -2.14. The van der Waals surface area contributed by atoms with E-state index in [0.717, 1.165) is 6.54 Å². The third-order valence-electron chi connectivity index (χ3n) is 2.99. The number of aromatic amines is 1. The number of fused-ring (bicyclic) bond motifs is 1. The second-order valence-electron chi connectivity index (χ2n) is 3.99. The molecule has 1 heterocycles. The molecular weight excluding hydrogens is 184 g/mol. The van der Waals surface area contributed by atoms with Gasteiger partial charge in [0.15, 0.2) is 0 Å². The van der Waals surface area contributed by atoms with Crippen LogP contribution >= 0.6 is 0 Å². The first kappa shape index (κ1) is 10.2. The minimum absolute atomic E-state index is 0.614. The molecule has 0 saturated carbocycles. The topological polar surface area (TPSA) is 27.8 Å². The highest BCUT2D eigenvalue weighted by atomic mass is 14.8. The lowest BCUT2D eigenvalue weighted by atomic mass is 9.96. The summed E-state index contributed by atoms with van der Waals surface area (Å²) in [7, 11) is 2.01.